The first-order chi connectivity index (χ1) is 17.7. The molecule has 0 unspecified atom stereocenters. The number of rotatable bonds is 11. The van der Waals surface area contributed by atoms with E-state index in [0.29, 0.717) is 6.61 Å². The van der Waals surface area contributed by atoms with Crippen LogP contribution in [0.15, 0.2) is 96.6 Å². The van der Waals surface area contributed by atoms with Gasteiger partial charge in [0.15, 0.2) is 6.29 Å². The van der Waals surface area contributed by atoms with Gasteiger partial charge in [0.1, 0.15) is 0 Å². The van der Waals surface area contributed by atoms with Gasteiger partial charge in [-0.3, -0.25) is 0 Å². The second kappa shape index (κ2) is 13.5. The van der Waals surface area contributed by atoms with Gasteiger partial charge in [0, 0.05) is 6.61 Å². The molecular weight excluding hydrogens is 472 g/mol. The fourth-order valence-corrected chi connectivity index (χ4v) is 9.69. The van der Waals surface area contributed by atoms with Crippen LogP contribution in [0.5, 0.6) is 0 Å². The maximum absolute atomic E-state index is 7.14. The van der Waals surface area contributed by atoms with Crippen LogP contribution in [0.25, 0.3) is 0 Å². The Bertz CT molecular complexity index is 995. The van der Waals surface area contributed by atoms with E-state index in [2.05, 4.69) is 120 Å². The van der Waals surface area contributed by atoms with E-state index in [0.717, 1.165) is 12.8 Å². The Hall–Kier alpha value is -2.24. The minimum absolute atomic E-state index is 0.0208. The van der Waals surface area contributed by atoms with Crippen molar-refractivity contribution in [3.8, 4) is 0 Å². The van der Waals surface area contributed by atoms with Crippen LogP contribution >= 0.6 is 0 Å². The Morgan fingerprint density at radius 3 is 2.11 bits per heavy atom. The van der Waals surface area contributed by atoms with Gasteiger partial charge in [-0.2, -0.15) is 0 Å². The molecule has 3 atom stereocenters. The van der Waals surface area contributed by atoms with Crippen LogP contribution in [-0.4, -0.2) is 33.4 Å². The van der Waals surface area contributed by atoms with Crippen molar-refractivity contribution in [2.75, 3.05) is 6.61 Å². The summed E-state index contributed by atoms with van der Waals surface area (Å²) in [5, 5.41) is 2.62. The molecule has 1 aliphatic rings. The molecular formula is C33H46O3Si. The molecule has 0 aromatic heterocycles. The lowest BCUT2D eigenvalue weighted by Gasteiger charge is -2.43. The summed E-state index contributed by atoms with van der Waals surface area (Å²) in [7, 11) is -2.53. The fraction of sp³-hybridized carbons (Fsp3) is 0.455. The first kappa shape index (κ1) is 29.3. The fourth-order valence-electron chi connectivity index (χ4n) is 5.02. The molecule has 0 amide bonds. The molecule has 2 aromatic rings. The normalized spacial score (nSPS) is 20.1. The highest BCUT2D eigenvalue weighted by molar-refractivity contribution is 6.99. The van der Waals surface area contributed by atoms with Gasteiger partial charge >= 0.3 is 0 Å². The zero-order valence-corrected chi connectivity index (χ0v) is 24.8. The largest absolute Gasteiger partial charge is 0.407 e. The average Bonchev–Trinajstić information content (AvgIpc) is 2.87. The number of allylic oxidation sites excluding steroid dienone is 2. The summed E-state index contributed by atoms with van der Waals surface area (Å²) in [4.78, 5) is 0. The predicted molar refractivity (Wildman–Crippen MR) is 159 cm³/mol. The van der Waals surface area contributed by atoms with Crippen LogP contribution < -0.4 is 10.4 Å². The van der Waals surface area contributed by atoms with Crippen LogP contribution in [0, 0.1) is 5.92 Å². The van der Waals surface area contributed by atoms with Crippen molar-refractivity contribution in [1.82, 2.24) is 0 Å². The monoisotopic (exact) mass is 518 g/mol. The molecule has 1 heterocycles. The average molecular weight is 519 g/mol. The van der Waals surface area contributed by atoms with Gasteiger partial charge in [-0.15, -0.1) is 0 Å². The quantitative estimate of drug-likeness (QED) is 0.179. The van der Waals surface area contributed by atoms with E-state index in [4.69, 9.17) is 13.9 Å². The number of hydrogen-bond donors (Lipinski definition) is 0. The van der Waals surface area contributed by atoms with E-state index in [1.807, 2.05) is 19.9 Å². The van der Waals surface area contributed by atoms with Crippen LogP contribution in [0.2, 0.25) is 5.04 Å². The molecule has 0 radical (unpaired) electrons. The molecule has 2 aromatic carbocycles. The topological polar surface area (TPSA) is 27.7 Å². The highest BCUT2D eigenvalue weighted by atomic mass is 28.4. The standard InChI is InChI=1S/C33H46O3Si/c1-8-28(22-23-29-16-15-21-32(36-29)35-26(2)3)24-27(4)25-34-37(33(5,6)7,30-17-11-9-12-18-30)31-19-13-10-14-20-31/h9-15,17-24,26-27,29,32H,8,16,25H2,1-7H3/b23-22+,28-24-/t27-,29+,32+/m0/s1. The zero-order chi connectivity index (χ0) is 26.9. The van der Waals surface area contributed by atoms with Gasteiger partial charge in [0.05, 0.1) is 12.2 Å². The summed E-state index contributed by atoms with van der Waals surface area (Å²) in [6.45, 7) is 16.2. The van der Waals surface area contributed by atoms with E-state index in [1.54, 1.807) is 0 Å². The first-order valence-electron chi connectivity index (χ1n) is 13.8. The highest BCUT2D eigenvalue weighted by Gasteiger charge is 2.50. The minimum Gasteiger partial charge on any atom is -0.407 e. The van der Waals surface area contributed by atoms with E-state index >= 15 is 0 Å². The SMILES string of the molecule is CCC(=C/[C@H](C)CO[Si](c1ccccc1)(c1ccccc1)C(C)(C)C)/C=C/[C@H]1CC=C[C@H](OC(C)C)O1. The summed E-state index contributed by atoms with van der Waals surface area (Å²) < 4.78 is 19.0. The van der Waals surface area contributed by atoms with E-state index in [9.17, 15) is 0 Å². The van der Waals surface area contributed by atoms with Crippen LogP contribution in [0.1, 0.15) is 61.3 Å². The number of ether oxygens (including phenoxy) is 2. The molecule has 0 N–H and O–H groups in total. The third-order valence-electron chi connectivity index (χ3n) is 6.79. The van der Waals surface area contributed by atoms with Gasteiger partial charge in [-0.25, -0.2) is 0 Å². The molecule has 1 aliphatic heterocycles. The van der Waals surface area contributed by atoms with Crippen molar-refractivity contribution in [2.24, 2.45) is 5.92 Å². The third kappa shape index (κ3) is 7.87. The molecule has 0 saturated heterocycles. The van der Waals surface area contributed by atoms with Crippen molar-refractivity contribution in [3.05, 3.63) is 96.6 Å². The molecule has 0 spiro atoms. The van der Waals surface area contributed by atoms with Crippen molar-refractivity contribution in [2.45, 2.75) is 84.8 Å². The smallest absolute Gasteiger partial charge is 0.261 e. The van der Waals surface area contributed by atoms with Crippen LogP contribution in [0.4, 0.5) is 0 Å². The highest BCUT2D eigenvalue weighted by Crippen LogP contribution is 2.37. The summed E-state index contributed by atoms with van der Waals surface area (Å²) in [6, 6.07) is 21.7. The van der Waals surface area contributed by atoms with Gasteiger partial charge in [-0.05, 0) is 54.1 Å². The Morgan fingerprint density at radius 1 is 1.00 bits per heavy atom. The molecule has 0 aliphatic carbocycles. The number of hydrogen-bond acceptors (Lipinski definition) is 3. The van der Waals surface area contributed by atoms with Gasteiger partial charge < -0.3 is 13.9 Å². The van der Waals surface area contributed by atoms with E-state index in [-0.39, 0.29) is 29.5 Å². The molecule has 3 rings (SSSR count). The maximum atomic E-state index is 7.14. The van der Waals surface area contributed by atoms with Crippen LogP contribution in [0.3, 0.4) is 0 Å². The molecule has 0 saturated carbocycles. The molecule has 37 heavy (non-hydrogen) atoms. The Kier molecular flexibility index (Phi) is 10.7. The lowest BCUT2D eigenvalue weighted by Crippen LogP contribution is -2.66. The Morgan fingerprint density at radius 2 is 1.59 bits per heavy atom. The second-order valence-electron chi connectivity index (χ2n) is 11.3. The molecule has 0 fully saturated rings. The van der Waals surface area contributed by atoms with Crippen molar-refractivity contribution in [1.29, 1.82) is 0 Å². The second-order valence-corrected chi connectivity index (χ2v) is 15.6. The predicted octanol–water partition coefficient (Wildman–Crippen LogP) is 7.19. The van der Waals surface area contributed by atoms with Crippen LogP contribution in [-0.2, 0) is 13.9 Å². The zero-order valence-electron chi connectivity index (χ0n) is 23.8. The van der Waals surface area contributed by atoms with Gasteiger partial charge in [0.25, 0.3) is 8.32 Å². The minimum atomic E-state index is -2.53. The van der Waals surface area contributed by atoms with Crippen molar-refractivity contribution >= 4 is 18.7 Å². The number of benzene rings is 2. The Balaban J connectivity index is 1.78. The molecule has 4 heteroatoms. The molecule has 0 bridgehead atoms. The summed E-state index contributed by atoms with van der Waals surface area (Å²) in [6.07, 6.45) is 12.7. The summed E-state index contributed by atoms with van der Waals surface area (Å²) >= 11 is 0. The van der Waals surface area contributed by atoms with Gasteiger partial charge in [0.2, 0.25) is 0 Å². The lowest BCUT2D eigenvalue weighted by atomic mass is 10.0. The lowest BCUT2D eigenvalue weighted by molar-refractivity contribution is -0.154. The van der Waals surface area contributed by atoms with E-state index in [1.165, 1.54) is 15.9 Å². The maximum Gasteiger partial charge on any atom is 0.261 e. The van der Waals surface area contributed by atoms with E-state index < -0.39 is 8.32 Å². The third-order valence-corrected chi connectivity index (χ3v) is 11.8. The van der Waals surface area contributed by atoms with Gasteiger partial charge in [-0.1, -0.05) is 125 Å². The Labute approximate surface area is 226 Å². The van der Waals surface area contributed by atoms with Crippen molar-refractivity contribution < 1.29 is 13.9 Å². The first-order valence-corrected chi connectivity index (χ1v) is 15.7. The summed E-state index contributed by atoms with van der Waals surface area (Å²) in [5.41, 5.74) is 1.30. The van der Waals surface area contributed by atoms with Crippen molar-refractivity contribution in [3.63, 3.8) is 0 Å². The summed E-state index contributed by atoms with van der Waals surface area (Å²) in [5.74, 6) is 0.283. The molecule has 200 valence electrons. The molecule has 3 nitrogen and oxygen atoms in total.